The highest BCUT2D eigenvalue weighted by atomic mass is 32.2. The number of nitrogens with zero attached hydrogens (tertiary/aromatic N) is 3. The van der Waals surface area contributed by atoms with Crippen molar-refractivity contribution in [3.05, 3.63) is 60.6 Å². The molecule has 3 heterocycles. The van der Waals surface area contributed by atoms with Crippen LogP contribution in [-0.4, -0.2) is 51.7 Å². The van der Waals surface area contributed by atoms with Gasteiger partial charge in [-0.1, -0.05) is 25.3 Å². The lowest BCUT2D eigenvalue weighted by Crippen LogP contribution is -2.45. The molecule has 180 valence electrons. The molecule has 2 atom stereocenters. The third-order valence-electron chi connectivity index (χ3n) is 7.10. The number of benzene rings is 1. The van der Waals surface area contributed by atoms with E-state index >= 15 is 0 Å². The van der Waals surface area contributed by atoms with Gasteiger partial charge in [-0.2, -0.15) is 0 Å². The number of pyridine rings is 1. The van der Waals surface area contributed by atoms with Gasteiger partial charge in [0.25, 0.3) is 0 Å². The van der Waals surface area contributed by atoms with Crippen LogP contribution in [0.1, 0.15) is 44.2 Å². The van der Waals surface area contributed by atoms with Crippen LogP contribution in [0, 0.1) is 5.92 Å². The number of carbonyl (C=O) groups excluding carboxylic acids is 1. The number of amides is 1. The number of rotatable bonds is 8. The van der Waals surface area contributed by atoms with Gasteiger partial charge in [-0.3, -0.25) is 9.69 Å². The molecule has 0 unspecified atom stereocenters. The highest BCUT2D eigenvalue weighted by Crippen LogP contribution is 2.35. The van der Waals surface area contributed by atoms with Crippen molar-refractivity contribution in [3.63, 3.8) is 0 Å². The summed E-state index contributed by atoms with van der Waals surface area (Å²) in [5.74, 6) is 1.72. The number of aromatic nitrogens is 2. The monoisotopic (exact) mass is 478 g/mol. The second-order valence-corrected chi connectivity index (χ2v) is 10.9. The van der Waals surface area contributed by atoms with E-state index in [1.165, 1.54) is 37.0 Å². The lowest BCUT2D eigenvalue weighted by Gasteiger charge is -2.30. The Morgan fingerprint density at radius 1 is 1.15 bits per heavy atom. The van der Waals surface area contributed by atoms with Gasteiger partial charge in [-0.25, -0.2) is 4.98 Å². The van der Waals surface area contributed by atoms with Crippen LogP contribution in [-0.2, 0) is 11.3 Å². The lowest BCUT2D eigenvalue weighted by atomic mass is 9.89. The number of nitrogens with one attached hydrogen (secondary N) is 1. The standard InChI is InChI=1S/C27H34N4O2S/c1-33-22-10-12-23(13-11-22)34-24-15-25(31(19-24)17-20-7-3-2-4-8-20)27(32)28-16-21-18-30-14-6-5-9-26(30)29-21/h5-6,9-14,18,20,24-25H,2-4,7-8,15-17,19H2,1H3,(H,28,32)/t24-,25+/m1/s1. The summed E-state index contributed by atoms with van der Waals surface area (Å²) in [5, 5.41) is 3.59. The number of hydrogen-bond acceptors (Lipinski definition) is 5. The van der Waals surface area contributed by atoms with Gasteiger partial charge in [0.2, 0.25) is 5.91 Å². The van der Waals surface area contributed by atoms with Gasteiger partial charge >= 0.3 is 0 Å². The van der Waals surface area contributed by atoms with Crippen LogP contribution < -0.4 is 10.1 Å². The van der Waals surface area contributed by atoms with Crippen LogP contribution in [0.5, 0.6) is 5.75 Å². The van der Waals surface area contributed by atoms with Crippen LogP contribution in [0.4, 0.5) is 0 Å². The first-order chi connectivity index (χ1) is 16.7. The zero-order chi connectivity index (χ0) is 23.3. The van der Waals surface area contributed by atoms with E-state index in [1.807, 2.05) is 58.9 Å². The summed E-state index contributed by atoms with van der Waals surface area (Å²) in [4.78, 5) is 21.7. The Hall–Kier alpha value is -2.51. The molecule has 34 heavy (non-hydrogen) atoms. The summed E-state index contributed by atoms with van der Waals surface area (Å²) in [5.41, 5.74) is 1.79. The van der Waals surface area contributed by atoms with Crippen LogP contribution in [0.15, 0.2) is 59.8 Å². The van der Waals surface area contributed by atoms with E-state index in [9.17, 15) is 4.79 Å². The first-order valence-corrected chi connectivity index (χ1v) is 13.3. The van der Waals surface area contributed by atoms with Crippen molar-refractivity contribution in [2.24, 2.45) is 5.92 Å². The molecule has 0 spiro atoms. The number of ether oxygens (including phenoxy) is 1. The van der Waals surface area contributed by atoms with Crippen molar-refractivity contribution in [3.8, 4) is 5.75 Å². The molecule has 3 aromatic rings. The zero-order valence-corrected chi connectivity index (χ0v) is 20.7. The maximum Gasteiger partial charge on any atom is 0.237 e. The molecule has 1 aliphatic heterocycles. The van der Waals surface area contributed by atoms with Crippen molar-refractivity contribution in [1.82, 2.24) is 19.6 Å². The highest BCUT2D eigenvalue weighted by molar-refractivity contribution is 8.00. The quantitative estimate of drug-likeness (QED) is 0.505. The SMILES string of the molecule is COc1ccc(S[C@@H]2C[C@@H](C(=O)NCc3cn4ccccc4n3)N(CC3CCCCC3)C2)cc1. The van der Waals surface area contributed by atoms with Crippen molar-refractivity contribution in [2.45, 2.75) is 61.3 Å². The number of thioether (sulfide) groups is 1. The van der Waals surface area contributed by atoms with Gasteiger partial charge in [-0.15, -0.1) is 11.8 Å². The third kappa shape index (κ3) is 5.58. The summed E-state index contributed by atoms with van der Waals surface area (Å²) >= 11 is 1.88. The van der Waals surface area contributed by atoms with E-state index in [4.69, 9.17) is 4.74 Å². The Labute approximate surface area is 206 Å². The third-order valence-corrected chi connectivity index (χ3v) is 8.32. The van der Waals surface area contributed by atoms with Crippen LogP contribution in [0.25, 0.3) is 5.65 Å². The molecule has 0 radical (unpaired) electrons. The van der Waals surface area contributed by atoms with E-state index < -0.39 is 0 Å². The largest absolute Gasteiger partial charge is 0.497 e. The van der Waals surface area contributed by atoms with Crippen LogP contribution in [0.2, 0.25) is 0 Å². The number of methoxy groups -OCH3 is 1. The fraction of sp³-hybridized carbons (Fsp3) is 0.481. The molecule has 2 aromatic heterocycles. The van der Waals surface area contributed by atoms with Gasteiger partial charge in [0.1, 0.15) is 11.4 Å². The second-order valence-electron chi connectivity index (χ2n) is 9.54. The Bertz CT molecular complexity index is 1060. The fourth-order valence-electron chi connectivity index (χ4n) is 5.34. The second kappa shape index (κ2) is 10.8. The van der Waals surface area contributed by atoms with E-state index in [1.54, 1.807) is 7.11 Å². The fourth-order valence-corrected chi connectivity index (χ4v) is 6.56. The number of likely N-dealkylation sites (tertiary alicyclic amines) is 1. The molecule has 1 N–H and O–H groups in total. The zero-order valence-electron chi connectivity index (χ0n) is 19.9. The average molecular weight is 479 g/mol. The van der Waals surface area contributed by atoms with Gasteiger partial charge in [-0.05, 0) is 61.6 Å². The van der Waals surface area contributed by atoms with Gasteiger partial charge < -0.3 is 14.5 Å². The normalized spacial score (nSPS) is 21.7. The number of hydrogen-bond donors (Lipinski definition) is 1. The molecule has 0 bridgehead atoms. The van der Waals surface area contributed by atoms with E-state index in [2.05, 4.69) is 27.3 Å². The summed E-state index contributed by atoms with van der Waals surface area (Å²) < 4.78 is 7.29. The summed E-state index contributed by atoms with van der Waals surface area (Å²) in [6.07, 6.45) is 11.4. The minimum atomic E-state index is -0.0743. The molecule has 1 saturated heterocycles. The summed E-state index contributed by atoms with van der Waals surface area (Å²) in [6, 6.07) is 14.1. The van der Waals surface area contributed by atoms with Crippen molar-refractivity contribution in [2.75, 3.05) is 20.2 Å². The lowest BCUT2D eigenvalue weighted by molar-refractivity contribution is -0.125. The predicted molar refractivity (Wildman–Crippen MR) is 136 cm³/mol. The Morgan fingerprint density at radius 3 is 2.74 bits per heavy atom. The molecule has 7 heteroatoms. The molecular weight excluding hydrogens is 444 g/mol. The van der Waals surface area contributed by atoms with E-state index in [0.29, 0.717) is 17.7 Å². The van der Waals surface area contributed by atoms with Gasteiger partial charge in [0.15, 0.2) is 0 Å². The topological polar surface area (TPSA) is 58.9 Å². The van der Waals surface area contributed by atoms with Gasteiger partial charge in [0.05, 0.1) is 25.4 Å². The van der Waals surface area contributed by atoms with E-state index in [0.717, 1.165) is 36.6 Å². The maximum absolute atomic E-state index is 13.4. The predicted octanol–water partition coefficient (Wildman–Crippen LogP) is 4.77. The average Bonchev–Trinajstić information content (AvgIpc) is 3.47. The minimum Gasteiger partial charge on any atom is -0.497 e. The molecule has 1 aliphatic carbocycles. The maximum atomic E-state index is 13.4. The minimum absolute atomic E-state index is 0.0743. The van der Waals surface area contributed by atoms with Crippen molar-refractivity contribution >= 4 is 23.3 Å². The molecule has 5 rings (SSSR count). The first kappa shape index (κ1) is 23.2. The summed E-state index contributed by atoms with van der Waals surface area (Å²) in [6.45, 7) is 2.45. The van der Waals surface area contributed by atoms with Crippen molar-refractivity contribution in [1.29, 1.82) is 0 Å². The highest BCUT2D eigenvalue weighted by Gasteiger charge is 2.38. The van der Waals surface area contributed by atoms with Crippen LogP contribution >= 0.6 is 11.8 Å². The Kier molecular flexibility index (Phi) is 7.40. The Balaban J connectivity index is 1.24. The number of carbonyl (C=O) groups is 1. The smallest absolute Gasteiger partial charge is 0.237 e. The molecule has 1 aromatic carbocycles. The molecule has 2 aliphatic rings. The molecule has 1 saturated carbocycles. The first-order valence-electron chi connectivity index (χ1n) is 12.4. The summed E-state index contributed by atoms with van der Waals surface area (Å²) in [7, 11) is 1.69. The molecule has 1 amide bonds. The number of fused-ring (bicyclic) bond motifs is 1. The van der Waals surface area contributed by atoms with E-state index in [-0.39, 0.29) is 11.9 Å². The molecule has 6 nitrogen and oxygen atoms in total. The molecule has 2 fully saturated rings. The van der Waals surface area contributed by atoms with Gasteiger partial charge in [0, 0.05) is 35.6 Å². The molecular formula is C27H34N4O2S. The Morgan fingerprint density at radius 2 is 1.97 bits per heavy atom. The van der Waals surface area contributed by atoms with Crippen LogP contribution in [0.3, 0.4) is 0 Å². The number of imidazole rings is 1. The van der Waals surface area contributed by atoms with Crippen molar-refractivity contribution < 1.29 is 9.53 Å².